The van der Waals surface area contributed by atoms with Crippen LogP contribution in [0.25, 0.3) is 0 Å². The van der Waals surface area contributed by atoms with E-state index in [4.69, 9.17) is 0 Å². The van der Waals surface area contributed by atoms with E-state index in [1.165, 1.54) is 0 Å². The summed E-state index contributed by atoms with van der Waals surface area (Å²) in [6, 6.07) is 0. The van der Waals surface area contributed by atoms with Gasteiger partial charge in [-0.05, 0) is 37.0 Å². The van der Waals surface area contributed by atoms with Gasteiger partial charge >= 0.3 is 16.6 Å². The topological polar surface area (TPSA) is 26.3 Å². The molecule has 78 valence electrons. The Morgan fingerprint density at radius 2 is 1.71 bits per heavy atom. The summed E-state index contributed by atoms with van der Waals surface area (Å²) in [5.41, 5.74) is 0.385. The molecule has 2 radical (unpaired) electrons. The summed E-state index contributed by atoms with van der Waals surface area (Å²) in [6.07, 6.45) is 4.31. The van der Waals surface area contributed by atoms with Crippen molar-refractivity contribution in [3.63, 3.8) is 0 Å². The van der Waals surface area contributed by atoms with E-state index in [1.807, 2.05) is 16.6 Å². The van der Waals surface area contributed by atoms with E-state index in [9.17, 15) is 4.79 Å². The van der Waals surface area contributed by atoms with Crippen molar-refractivity contribution < 1.29 is 8.58 Å². The number of hydrogen-bond donors (Lipinski definition) is 0. The first kappa shape index (κ1) is 12.1. The van der Waals surface area contributed by atoms with Crippen LogP contribution in [-0.2, 0) is 8.58 Å². The molecule has 0 aromatic heterocycles. The molecular weight excluding hydrogens is 191 g/mol. The van der Waals surface area contributed by atoms with Gasteiger partial charge in [0.15, 0.2) is 0 Å². The van der Waals surface area contributed by atoms with Crippen molar-refractivity contribution in [2.75, 3.05) is 0 Å². The molecule has 3 heteroatoms. The molecule has 0 unspecified atom stereocenters. The Labute approximate surface area is 95.2 Å². The molecule has 1 saturated carbocycles. The highest BCUT2D eigenvalue weighted by Gasteiger charge is 2.32. The van der Waals surface area contributed by atoms with Crippen LogP contribution in [0, 0.1) is 17.3 Å². The molecule has 14 heavy (non-hydrogen) atoms. The first-order chi connectivity index (χ1) is 6.45. The van der Waals surface area contributed by atoms with Gasteiger partial charge in [-0.3, -0.25) is 4.79 Å². The Balaban J connectivity index is 2.43. The second-order valence-electron chi connectivity index (χ2n) is 5.35. The third kappa shape index (κ3) is 3.00. The zero-order chi connectivity index (χ0) is 10.8. The summed E-state index contributed by atoms with van der Waals surface area (Å²) in [4.78, 5) is 11.3. The van der Waals surface area contributed by atoms with Gasteiger partial charge in [0.25, 0.3) is 5.97 Å². The molecule has 1 fully saturated rings. The molecule has 0 saturated heterocycles. The number of carbonyl (C=O) groups excluding carboxylic acids is 1. The van der Waals surface area contributed by atoms with Gasteiger partial charge in [-0.2, -0.15) is 0 Å². The number of carbonyl (C=O) groups is 1. The molecule has 0 bridgehead atoms. The van der Waals surface area contributed by atoms with Crippen LogP contribution in [0.15, 0.2) is 0 Å². The maximum Gasteiger partial charge on any atom is 0.484 e. The highest BCUT2D eigenvalue weighted by molar-refractivity contribution is 6.05. The van der Waals surface area contributed by atoms with Crippen LogP contribution in [0.4, 0.5) is 0 Å². The van der Waals surface area contributed by atoms with Crippen molar-refractivity contribution in [1.82, 2.24) is 0 Å². The quantitative estimate of drug-likeness (QED) is 0.621. The van der Waals surface area contributed by atoms with Crippen LogP contribution < -0.4 is 0 Å². The Bertz CT molecular complexity index is 200. The third-order valence-corrected chi connectivity index (χ3v) is 3.63. The van der Waals surface area contributed by atoms with E-state index in [2.05, 4.69) is 24.6 Å². The zero-order valence-corrected chi connectivity index (χ0v) is 10.5. The van der Waals surface area contributed by atoms with Crippen LogP contribution >= 0.6 is 0 Å². The maximum atomic E-state index is 11.3. The fourth-order valence-electron chi connectivity index (χ4n) is 2.29. The molecule has 0 heterocycles. The lowest BCUT2D eigenvalue weighted by molar-refractivity contribution is -0.140. The summed E-state index contributed by atoms with van der Waals surface area (Å²) in [7, 11) is 0. The monoisotopic (exact) mass is 210 g/mol. The van der Waals surface area contributed by atoms with Crippen molar-refractivity contribution >= 4 is 22.6 Å². The lowest BCUT2D eigenvalue weighted by Gasteiger charge is -2.36. The minimum atomic E-state index is -0.0534. The standard InChI is InChI=1S/C11H20O2.Al/c1-11(2,3)9-6-4-8(5-7-9)10(12)13;/h8-9H,4-7H2,1-3H3,(H,12,13);/q;+1/p-1. The van der Waals surface area contributed by atoms with E-state index >= 15 is 0 Å². The second kappa shape index (κ2) is 4.68. The lowest BCUT2D eigenvalue weighted by atomic mass is 9.70. The van der Waals surface area contributed by atoms with Crippen LogP contribution in [0.2, 0.25) is 0 Å². The van der Waals surface area contributed by atoms with Gasteiger partial charge in [-0.1, -0.05) is 20.8 Å². The minimum Gasteiger partial charge on any atom is -0.628 e. The van der Waals surface area contributed by atoms with Gasteiger partial charge in [-0.25, -0.2) is 0 Å². The van der Waals surface area contributed by atoms with E-state index in [0.29, 0.717) is 5.41 Å². The molecule has 2 nitrogen and oxygen atoms in total. The van der Waals surface area contributed by atoms with Crippen molar-refractivity contribution in [1.29, 1.82) is 0 Å². The minimum absolute atomic E-state index is 0.0534. The summed E-state index contributed by atoms with van der Waals surface area (Å²) in [6.45, 7) is 6.85. The van der Waals surface area contributed by atoms with Gasteiger partial charge in [0.2, 0.25) is 0 Å². The average Bonchev–Trinajstić information content (AvgIpc) is 2.15. The first-order valence-electron chi connectivity index (χ1n) is 5.35. The molecule has 0 atom stereocenters. The van der Waals surface area contributed by atoms with Crippen molar-refractivity contribution in [2.45, 2.75) is 46.5 Å². The Kier molecular flexibility index (Phi) is 4.04. The highest BCUT2D eigenvalue weighted by atomic mass is 27.1. The zero-order valence-electron chi connectivity index (χ0n) is 9.38. The normalized spacial score (nSPS) is 28.5. The van der Waals surface area contributed by atoms with Gasteiger partial charge in [0.05, 0.1) is 5.92 Å². The fourth-order valence-corrected chi connectivity index (χ4v) is 2.48. The Morgan fingerprint density at radius 3 is 2.07 bits per heavy atom. The van der Waals surface area contributed by atoms with Gasteiger partial charge in [-0.15, -0.1) is 0 Å². The highest BCUT2D eigenvalue weighted by Crippen LogP contribution is 2.39. The number of hydrogen-bond acceptors (Lipinski definition) is 2. The van der Waals surface area contributed by atoms with Gasteiger partial charge in [0.1, 0.15) is 0 Å². The third-order valence-electron chi connectivity index (χ3n) is 3.40. The summed E-state index contributed by atoms with van der Waals surface area (Å²) in [5, 5.41) is 0. The largest absolute Gasteiger partial charge is 0.628 e. The summed E-state index contributed by atoms with van der Waals surface area (Å²) in [5.74, 6) is 0.851. The first-order valence-corrected chi connectivity index (χ1v) is 5.83. The fraction of sp³-hybridized carbons (Fsp3) is 0.909. The predicted octanol–water partition coefficient (Wildman–Crippen LogP) is 2.47. The molecule has 1 rings (SSSR count). The van der Waals surface area contributed by atoms with Crippen molar-refractivity contribution in [3.05, 3.63) is 0 Å². The van der Waals surface area contributed by atoms with Gasteiger partial charge in [0, 0.05) is 0 Å². The van der Waals surface area contributed by atoms with E-state index in [-0.39, 0.29) is 11.9 Å². The van der Waals surface area contributed by atoms with Crippen LogP contribution in [0.5, 0.6) is 0 Å². The molecule has 0 amide bonds. The van der Waals surface area contributed by atoms with Crippen LogP contribution in [0.3, 0.4) is 0 Å². The molecule has 0 aromatic rings. The van der Waals surface area contributed by atoms with Crippen molar-refractivity contribution in [3.8, 4) is 0 Å². The molecule has 1 aliphatic carbocycles. The molecule has 0 aliphatic heterocycles. The molecule has 0 aromatic carbocycles. The molecule has 1 aliphatic rings. The number of rotatable bonds is 1. The molecule has 0 N–H and O–H groups in total. The van der Waals surface area contributed by atoms with E-state index in [0.717, 1.165) is 31.6 Å². The van der Waals surface area contributed by atoms with E-state index in [1.54, 1.807) is 0 Å². The average molecular weight is 210 g/mol. The predicted molar refractivity (Wildman–Crippen MR) is 56.7 cm³/mol. The van der Waals surface area contributed by atoms with Crippen LogP contribution in [-0.4, -0.2) is 22.6 Å². The maximum absolute atomic E-state index is 11.3. The van der Waals surface area contributed by atoms with E-state index < -0.39 is 0 Å². The SMILES string of the molecule is CC(C)(C)C1CCC(C(=O)[O][Al])CC1. The second-order valence-corrected chi connectivity index (χ2v) is 5.59. The van der Waals surface area contributed by atoms with Crippen molar-refractivity contribution in [2.24, 2.45) is 17.3 Å². The summed E-state index contributed by atoms with van der Waals surface area (Å²) >= 11 is 2.05. The van der Waals surface area contributed by atoms with Crippen LogP contribution in [0.1, 0.15) is 46.5 Å². The molecular formula is C11H19AlO2. The lowest BCUT2D eigenvalue weighted by Crippen LogP contribution is -2.29. The summed E-state index contributed by atoms with van der Waals surface area (Å²) < 4.78 is 4.69. The Hall–Kier alpha value is 0.00247. The Morgan fingerprint density at radius 1 is 1.21 bits per heavy atom. The molecule has 0 spiro atoms. The smallest absolute Gasteiger partial charge is 0.484 e. The van der Waals surface area contributed by atoms with Gasteiger partial charge < -0.3 is 3.79 Å².